The van der Waals surface area contributed by atoms with Crippen LogP contribution in [0.15, 0.2) is 42.7 Å². The lowest BCUT2D eigenvalue weighted by molar-refractivity contribution is 0.0625. The second-order valence-corrected chi connectivity index (χ2v) is 7.68. The highest BCUT2D eigenvalue weighted by atomic mass is 16.5. The number of hydrogen-bond donors (Lipinski definition) is 1. The maximum Gasteiger partial charge on any atom is 0.200 e. The molecule has 0 radical (unpaired) electrons. The summed E-state index contributed by atoms with van der Waals surface area (Å²) in [5.41, 5.74) is 4.07. The largest absolute Gasteiger partial charge is 0.379 e. The molecule has 1 atom stereocenters. The minimum absolute atomic E-state index is 0.129. The first-order valence-electron chi connectivity index (χ1n) is 10.0. The van der Waals surface area contributed by atoms with Crippen molar-refractivity contribution >= 4 is 11.3 Å². The van der Waals surface area contributed by atoms with Gasteiger partial charge in [0.2, 0.25) is 5.65 Å². The number of benzene rings is 1. The van der Waals surface area contributed by atoms with Gasteiger partial charge in [0.25, 0.3) is 0 Å². The summed E-state index contributed by atoms with van der Waals surface area (Å²) in [5.74, 6) is 0.336. The molecule has 3 aromatic rings. The van der Waals surface area contributed by atoms with Crippen molar-refractivity contribution in [2.24, 2.45) is 0 Å². The number of fused-ring (bicyclic) bond motifs is 1. The van der Waals surface area contributed by atoms with E-state index < -0.39 is 0 Å². The van der Waals surface area contributed by atoms with Crippen molar-refractivity contribution in [1.29, 1.82) is 0 Å². The van der Waals surface area contributed by atoms with E-state index in [2.05, 4.69) is 75.8 Å². The summed E-state index contributed by atoms with van der Waals surface area (Å²) in [6.45, 7) is 8.73. The average molecular weight is 380 g/mol. The summed E-state index contributed by atoms with van der Waals surface area (Å²) in [7, 11) is 0. The van der Waals surface area contributed by atoms with Crippen LogP contribution in [0.5, 0.6) is 0 Å². The summed E-state index contributed by atoms with van der Waals surface area (Å²) < 4.78 is 7.84. The van der Waals surface area contributed by atoms with Gasteiger partial charge in [0.05, 0.1) is 17.5 Å². The van der Waals surface area contributed by atoms with Crippen molar-refractivity contribution in [1.82, 2.24) is 24.7 Å². The lowest BCUT2D eigenvalue weighted by Crippen LogP contribution is -2.35. The summed E-state index contributed by atoms with van der Waals surface area (Å²) in [6.07, 6.45) is 2.84. The van der Waals surface area contributed by atoms with Crippen LogP contribution in [0.25, 0.3) is 5.65 Å². The van der Waals surface area contributed by atoms with Crippen LogP contribution < -0.4 is 5.32 Å². The first-order chi connectivity index (χ1) is 13.7. The minimum atomic E-state index is 0.129. The Balaban J connectivity index is 1.43. The summed E-state index contributed by atoms with van der Waals surface area (Å²) >= 11 is 0. The number of nitrogens with one attached hydrogen (secondary N) is 1. The molecule has 0 amide bonds. The minimum Gasteiger partial charge on any atom is -0.379 e. The summed E-state index contributed by atoms with van der Waals surface area (Å²) in [5, 5.41) is 16.3. The monoisotopic (exact) mass is 380 g/mol. The molecule has 1 fully saturated rings. The molecule has 4 rings (SSSR count). The molecule has 0 saturated carbocycles. The van der Waals surface area contributed by atoms with E-state index in [0.717, 1.165) is 56.2 Å². The van der Waals surface area contributed by atoms with E-state index in [-0.39, 0.29) is 6.10 Å². The Labute approximate surface area is 165 Å². The standard InChI is InChI=1S/C21H28N6O/c1-16(2)19-11-20(21-24-23-15-27(21)25-19)22-12-18-14-26(9-6-10-28-18)13-17-7-4-3-5-8-17/h3-5,7-8,11,15-16,18,22H,6,9-10,12-14H2,1-2H3. The normalized spacial score (nSPS) is 18.5. The first kappa shape index (κ1) is 18.8. The number of ether oxygens (including phenoxy) is 1. The third kappa shape index (κ3) is 4.48. The molecule has 1 N–H and O–H groups in total. The molecule has 0 bridgehead atoms. The summed E-state index contributed by atoms with van der Waals surface area (Å²) in [4.78, 5) is 2.48. The number of nitrogens with zero attached hydrogens (tertiary/aromatic N) is 5. The van der Waals surface area contributed by atoms with E-state index in [1.807, 2.05) is 0 Å². The van der Waals surface area contributed by atoms with Gasteiger partial charge in [-0.15, -0.1) is 10.2 Å². The molecule has 0 spiro atoms. The van der Waals surface area contributed by atoms with Crippen LogP contribution in [-0.2, 0) is 11.3 Å². The lowest BCUT2D eigenvalue weighted by atomic mass is 10.1. The smallest absolute Gasteiger partial charge is 0.200 e. The zero-order valence-electron chi connectivity index (χ0n) is 16.6. The third-order valence-electron chi connectivity index (χ3n) is 5.08. The van der Waals surface area contributed by atoms with Gasteiger partial charge in [-0.05, 0) is 24.0 Å². The fourth-order valence-electron chi connectivity index (χ4n) is 3.56. The molecular formula is C21H28N6O. The maximum absolute atomic E-state index is 6.10. The van der Waals surface area contributed by atoms with E-state index in [9.17, 15) is 0 Å². The van der Waals surface area contributed by atoms with Gasteiger partial charge in [-0.1, -0.05) is 44.2 Å². The van der Waals surface area contributed by atoms with Gasteiger partial charge in [0.15, 0.2) is 0 Å². The molecule has 28 heavy (non-hydrogen) atoms. The van der Waals surface area contributed by atoms with Gasteiger partial charge in [-0.25, -0.2) is 0 Å². The Hall–Kier alpha value is -2.51. The average Bonchev–Trinajstić information content (AvgIpc) is 3.07. The maximum atomic E-state index is 6.10. The van der Waals surface area contributed by atoms with E-state index >= 15 is 0 Å². The zero-order valence-corrected chi connectivity index (χ0v) is 16.6. The Morgan fingerprint density at radius 1 is 1.25 bits per heavy atom. The fraction of sp³-hybridized carbons (Fsp3) is 0.476. The van der Waals surface area contributed by atoms with E-state index in [4.69, 9.17) is 4.74 Å². The van der Waals surface area contributed by atoms with Crippen LogP contribution in [0.4, 0.5) is 5.69 Å². The molecule has 0 aliphatic carbocycles. The Kier molecular flexibility index (Phi) is 5.83. The Morgan fingerprint density at radius 3 is 2.93 bits per heavy atom. The van der Waals surface area contributed by atoms with Crippen molar-refractivity contribution in [3.63, 3.8) is 0 Å². The lowest BCUT2D eigenvalue weighted by Gasteiger charge is -2.24. The molecule has 7 nitrogen and oxygen atoms in total. The highest BCUT2D eigenvalue weighted by Gasteiger charge is 2.20. The Morgan fingerprint density at radius 2 is 2.11 bits per heavy atom. The van der Waals surface area contributed by atoms with E-state index in [1.54, 1.807) is 10.8 Å². The van der Waals surface area contributed by atoms with Gasteiger partial charge in [0, 0.05) is 32.8 Å². The quantitative estimate of drug-likeness (QED) is 0.709. The SMILES string of the molecule is CC(C)c1cc(NCC2CN(Cc3ccccc3)CCCO2)c2nncn2n1. The van der Waals surface area contributed by atoms with Crippen molar-refractivity contribution in [2.75, 3.05) is 31.6 Å². The van der Waals surface area contributed by atoms with Crippen LogP contribution in [0.1, 0.15) is 37.4 Å². The second kappa shape index (κ2) is 8.67. The van der Waals surface area contributed by atoms with Crippen LogP contribution >= 0.6 is 0 Å². The molecule has 1 aliphatic rings. The van der Waals surface area contributed by atoms with Gasteiger partial charge >= 0.3 is 0 Å². The van der Waals surface area contributed by atoms with Gasteiger partial charge in [-0.3, -0.25) is 4.90 Å². The van der Waals surface area contributed by atoms with Crippen LogP contribution in [0, 0.1) is 0 Å². The van der Waals surface area contributed by atoms with Gasteiger partial charge < -0.3 is 10.1 Å². The highest BCUT2D eigenvalue weighted by molar-refractivity contribution is 5.66. The predicted octanol–water partition coefficient (Wildman–Crippen LogP) is 2.95. The van der Waals surface area contributed by atoms with Crippen molar-refractivity contribution in [3.05, 3.63) is 54.0 Å². The number of rotatable bonds is 6. The van der Waals surface area contributed by atoms with Crippen molar-refractivity contribution < 1.29 is 4.74 Å². The molecular weight excluding hydrogens is 352 g/mol. The molecule has 1 aliphatic heterocycles. The van der Waals surface area contributed by atoms with Gasteiger partial charge in [0.1, 0.15) is 6.33 Å². The number of hydrogen-bond acceptors (Lipinski definition) is 6. The van der Waals surface area contributed by atoms with Crippen LogP contribution in [0.2, 0.25) is 0 Å². The molecule has 7 heteroatoms. The summed E-state index contributed by atoms with van der Waals surface area (Å²) in [6, 6.07) is 12.7. The van der Waals surface area contributed by atoms with Gasteiger partial charge in [-0.2, -0.15) is 9.61 Å². The molecule has 148 valence electrons. The van der Waals surface area contributed by atoms with E-state index in [1.165, 1.54) is 5.56 Å². The zero-order chi connectivity index (χ0) is 19.3. The third-order valence-corrected chi connectivity index (χ3v) is 5.08. The molecule has 2 aromatic heterocycles. The molecule has 1 unspecified atom stereocenters. The Bertz CT molecular complexity index is 894. The van der Waals surface area contributed by atoms with Crippen LogP contribution in [0.3, 0.4) is 0 Å². The molecule has 3 heterocycles. The highest BCUT2D eigenvalue weighted by Crippen LogP contribution is 2.20. The topological polar surface area (TPSA) is 67.6 Å². The first-order valence-corrected chi connectivity index (χ1v) is 10.0. The van der Waals surface area contributed by atoms with Crippen molar-refractivity contribution in [2.45, 2.75) is 38.8 Å². The molecule has 1 aromatic carbocycles. The van der Waals surface area contributed by atoms with Crippen molar-refractivity contribution in [3.8, 4) is 0 Å². The fourth-order valence-corrected chi connectivity index (χ4v) is 3.56. The molecule has 1 saturated heterocycles. The van der Waals surface area contributed by atoms with Crippen LogP contribution in [-0.4, -0.2) is 57.1 Å². The second-order valence-electron chi connectivity index (χ2n) is 7.68. The van der Waals surface area contributed by atoms with E-state index in [0.29, 0.717) is 5.92 Å². The predicted molar refractivity (Wildman–Crippen MR) is 109 cm³/mol. The number of aromatic nitrogens is 4. The number of anilines is 1.